The molecule has 1 aromatic carbocycles. The van der Waals surface area contributed by atoms with Gasteiger partial charge in [-0.3, -0.25) is 19.4 Å². The predicted molar refractivity (Wildman–Crippen MR) is 131 cm³/mol. The zero-order chi connectivity index (χ0) is 24.4. The quantitative estimate of drug-likeness (QED) is 0.400. The van der Waals surface area contributed by atoms with Gasteiger partial charge in [0, 0.05) is 25.9 Å². The van der Waals surface area contributed by atoms with Gasteiger partial charge in [-0.1, -0.05) is 18.2 Å². The minimum absolute atomic E-state index is 0.0167. The Hall–Kier alpha value is -3.98. The van der Waals surface area contributed by atoms with Gasteiger partial charge < -0.3 is 19.4 Å². The lowest BCUT2D eigenvalue weighted by molar-refractivity contribution is 0.0856. The Morgan fingerprint density at radius 1 is 1.26 bits per heavy atom. The van der Waals surface area contributed by atoms with E-state index in [4.69, 9.17) is 14.9 Å². The summed E-state index contributed by atoms with van der Waals surface area (Å²) < 4.78 is 13.9. The highest BCUT2D eigenvalue weighted by Crippen LogP contribution is 2.15. The molecular formula is C26H27N5O4. The van der Waals surface area contributed by atoms with Gasteiger partial charge in [0.25, 0.3) is 11.5 Å². The number of ether oxygens (including phenoxy) is 2. The maximum Gasteiger partial charge on any atom is 0.267 e. The highest BCUT2D eigenvalue weighted by molar-refractivity contribution is 5.96. The number of hydrogen-bond donors (Lipinski definition) is 2. The molecule has 1 fully saturated rings. The molecule has 4 aromatic rings. The SMILES string of the molecule is COc1ccc(CCn2c(=N)c(C(=O)NC[C@H]3CCCO3)cc3c(=O)n4ccccc4nc32)cc1. The number of carbonyl (C=O) groups excluding carboxylic acids is 1. The zero-order valence-electron chi connectivity index (χ0n) is 19.5. The van der Waals surface area contributed by atoms with Crippen molar-refractivity contribution in [2.45, 2.75) is 31.9 Å². The van der Waals surface area contributed by atoms with Crippen molar-refractivity contribution in [3.8, 4) is 5.75 Å². The zero-order valence-corrected chi connectivity index (χ0v) is 19.5. The van der Waals surface area contributed by atoms with E-state index in [1.54, 1.807) is 30.0 Å². The molecule has 4 heterocycles. The largest absolute Gasteiger partial charge is 0.497 e. The second-order valence-corrected chi connectivity index (χ2v) is 8.58. The maximum absolute atomic E-state index is 13.3. The van der Waals surface area contributed by atoms with Crippen molar-refractivity contribution in [2.24, 2.45) is 0 Å². The molecule has 0 radical (unpaired) electrons. The number of hydrogen-bond acceptors (Lipinski definition) is 6. The van der Waals surface area contributed by atoms with Crippen LogP contribution in [0, 0.1) is 5.41 Å². The number of amides is 1. The molecule has 9 nitrogen and oxygen atoms in total. The van der Waals surface area contributed by atoms with E-state index in [0.29, 0.717) is 42.8 Å². The fraction of sp³-hybridized carbons (Fsp3) is 0.308. The fourth-order valence-corrected chi connectivity index (χ4v) is 4.42. The van der Waals surface area contributed by atoms with Crippen molar-refractivity contribution < 1.29 is 14.3 Å². The van der Waals surface area contributed by atoms with Crippen LogP contribution in [0.15, 0.2) is 59.5 Å². The van der Waals surface area contributed by atoms with Crippen LogP contribution < -0.4 is 21.1 Å². The number of carbonyl (C=O) groups is 1. The number of nitrogens with one attached hydrogen (secondary N) is 2. The van der Waals surface area contributed by atoms with Gasteiger partial charge >= 0.3 is 0 Å². The molecule has 0 unspecified atom stereocenters. The number of aromatic nitrogens is 3. The van der Waals surface area contributed by atoms with Crippen LogP contribution in [0.4, 0.5) is 0 Å². The summed E-state index contributed by atoms with van der Waals surface area (Å²) in [5.74, 6) is 0.363. The number of pyridine rings is 2. The molecule has 5 rings (SSSR count). The summed E-state index contributed by atoms with van der Waals surface area (Å²) in [5.41, 5.74) is 1.78. The lowest BCUT2D eigenvalue weighted by atomic mass is 10.1. The molecule has 0 aliphatic carbocycles. The monoisotopic (exact) mass is 473 g/mol. The van der Waals surface area contributed by atoms with Gasteiger partial charge in [-0.15, -0.1) is 0 Å². The minimum Gasteiger partial charge on any atom is -0.497 e. The fourth-order valence-electron chi connectivity index (χ4n) is 4.42. The number of fused-ring (bicyclic) bond motifs is 2. The molecule has 1 atom stereocenters. The van der Waals surface area contributed by atoms with E-state index in [1.807, 2.05) is 30.3 Å². The van der Waals surface area contributed by atoms with Gasteiger partial charge in [-0.05, 0) is 55.2 Å². The van der Waals surface area contributed by atoms with E-state index >= 15 is 0 Å². The average Bonchev–Trinajstić information content (AvgIpc) is 3.41. The third-order valence-electron chi connectivity index (χ3n) is 6.36. The van der Waals surface area contributed by atoms with Crippen molar-refractivity contribution in [1.29, 1.82) is 5.41 Å². The van der Waals surface area contributed by atoms with Crippen molar-refractivity contribution >= 4 is 22.6 Å². The molecule has 3 aromatic heterocycles. The number of nitrogens with zero attached hydrogens (tertiary/aromatic N) is 3. The molecule has 2 N–H and O–H groups in total. The highest BCUT2D eigenvalue weighted by atomic mass is 16.5. The molecule has 9 heteroatoms. The van der Waals surface area contributed by atoms with E-state index in [1.165, 1.54) is 10.5 Å². The standard InChI is InChI=1S/C26H27N5O4/c1-34-18-9-7-17(8-10-18)11-13-31-23(27)20(25(32)28-16-19-5-4-14-35-19)15-21-24(31)29-22-6-2-3-12-30(22)26(21)33/h2-3,6-10,12,15,19,27H,4-5,11,13-14,16H2,1H3,(H,28,32)/t19-/m1/s1. The first-order chi connectivity index (χ1) is 17.0. The lowest BCUT2D eigenvalue weighted by Gasteiger charge is -2.16. The van der Waals surface area contributed by atoms with Crippen LogP contribution in [0.5, 0.6) is 5.75 Å². The third kappa shape index (κ3) is 4.54. The minimum atomic E-state index is -0.400. The van der Waals surface area contributed by atoms with Gasteiger partial charge in [-0.2, -0.15) is 0 Å². The number of aryl methyl sites for hydroxylation is 2. The molecule has 180 valence electrons. The third-order valence-corrected chi connectivity index (χ3v) is 6.36. The first-order valence-corrected chi connectivity index (χ1v) is 11.7. The van der Waals surface area contributed by atoms with Crippen LogP contribution in [0.25, 0.3) is 16.7 Å². The van der Waals surface area contributed by atoms with Crippen molar-refractivity contribution in [3.63, 3.8) is 0 Å². The van der Waals surface area contributed by atoms with Crippen LogP contribution in [-0.2, 0) is 17.7 Å². The van der Waals surface area contributed by atoms with E-state index in [-0.39, 0.29) is 22.7 Å². The van der Waals surface area contributed by atoms with E-state index in [9.17, 15) is 9.59 Å². The summed E-state index contributed by atoms with van der Waals surface area (Å²) >= 11 is 0. The number of benzene rings is 1. The molecule has 1 aliphatic heterocycles. The lowest BCUT2D eigenvalue weighted by Crippen LogP contribution is -2.38. The van der Waals surface area contributed by atoms with Crippen LogP contribution >= 0.6 is 0 Å². The van der Waals surface area contributed by atoms with Gasteiger partial charge in [0.05, 0.1) is 24.2 Å². The topological polar surface area (TPSA) is 111 Å². The van der Waals surface area contributed by atoms with Crippen LogP contribution in [0.3, 0.4) is 0 Å². The molecular weight excluding hydrogens is 446 g/mol. The molecule has 1 amide bonds. The average molecular weight is 474 g/mol. The summed E-state index contributed by atoms with van der Waals surface area (Å²) in [6.45, 7) is 1.45. The summed E-state index contributed by atoms with van der Waals surface area (Å²) in [7, 11) is 1.62. The normalized spacial score (nSPS) is 15.5. The molecule has 0 spiro atoms. The summed E-state index contributed by atoms with van der Waals surface area (Å²) in [6.07, 6.45) is 4.09. The number of methoxy groups -OCH3 is 1. The smallest absolute Gasteiger partial charge is 0.267 e. The summed E-state index contributed by atoms with van der Waals surface area (Å²) in [4.78, 5) is 31.1. The second kappa shape index (κ2) is 9.71. The highest BCUT2D eigenvalue weighted by Gasteiger charge is 2.20. The molecule has 1 saturated heterocycles. The van der Waals surface area contributed by atoms with E-state index < -0.39 is 5.91 Å². The first-order valence-electron chi connectivity index (χ1n) is 11.7. The van der Waals surface area contributed by atoms with Gasteiger partial charge in [0.2, 0.25) is 0 Å². The predicted octanol–water partition coefficient (Wildman–Crippen LogP) is 2.29. The van der Waals surface area contributed by atoms with Crippen LogP contribution in [0.1, 0.15) is 28.8 Å². The Labute approximate surface area is 201 Å². The molecule has 0 saturated carbocycles. The first kappa shape index (κ1) is 22.8. The Bertz CT molecular complexity index is 1500. The number of rotatable bonds is 7. The van der Waals surface area contributed by atoms with Gasteiger partial charge in [0.1, 0.15) is 22.5 Å². The molecule has 0 bridgehead atoms. The Morgan fingerprint density at radius 3 is 2.83 bits per heavy atom. The van der Waals surface area contributed by atoms with Gasteiger partial charge in [-0.25, -0.2) is 4.98 Å². The van der Waals surface area contributed by atoms with E-state index in [0.717, 1.165) is 24.2 Å². The van der Waals surface area contributed by atoms with Crippen molar-refractivity contribution in [3.05, 3.63) is 81.7 Å². The maximum atomic E-state index is 13.3. The van der Waals surface area contributed by atoms with Crippen molar-refractivity contribution in [2.75, 3.05) is 20.3 Å². The van der Waals surface area contributed by atoms with Crippen molar-refractivity contribution in [1.82, 2.24) is 19.3 Å². The molecule has 1 aliphatic rings. The van der Waals surface area contributed by atoms with Crippen LogP contribution in [-0.4, -0.2) is 46.2 Å². The summed E-state index contributed by atoms with van der Waals surface area (Å²) in [6, 6.07) is 14.5. The Morgan fingerprint density at radius 2 is 2.09 bits per heavy atom. The molecule has 35 heavy (non-hydrogen) atoms. The van der Waals surface area contributed by atoms with Gasteiger partial charge in [0.15, 0.2) is 0 Å². The second-order valence-electron chi connectivity index (χ2n) is 8.58. The Balaban J connectivity index is 1.57. The Kier molecular flexibility index (Phi) is 6.33. The van der Waals surface area contributed by atoms with E-state index in [2.05, 4.69) is 10.3 Å². The summed E-state index contributed by atoms with van der Waals surface area (Å²) in [5, 5.41) is 12.0. The van der Waals surface area contributed by atoms with Crippen LogP contribution in [0.2, 0.25) is 0 Å².